The zero-order chi connectivity index (χ0) is 20.9. The Labute approximate surface area is 185 Å². The van der Waals surface area contributed by atoms with Crippen molar-refractivity contribution in [2.45, 2.75) is 98.0 Å². The molecule has 174 valence electrons. The maximum Gasteiger partial charge on any atom is 0.0657 e. The Kier molecular flexibility index (Phi) is 7.17. The molecule has 4 rings (SSSR count). The van der Waals surface area contributed by atoms with Gasteiger partial charge in [0.15, 0.2) is 0 Å². The molecule has 3 fully saturated rings. The number of aliphatic hydroxyl groups excluding tert-OH is 1. The number of fused-ring (bicyclic) bond motifs is 5. The Bertz CT molecular complexity index is 626. The van der Waals surface area contributed by atoms with Gasteiger partial charge < -0.3 is 14.9 Å². The molecule has 3 heteroatoms. The molecule has 4 aliphatic carbocycles. The van der Waals surface area contributed by atoms with E-state index in [1.165, 1.54) is 44.1 Å². The largest absolute Gasteiger partial charge is 0.396 e. The van der Waals surface area contributed by atoms with Crippen LogP contribution in [0.15, 0.2) is 11.6 Å². The third-order valence-corrected chi connectivity index (χ3v) is 10.1. The first-order chi connectivity index (χ1) is 13.8. The predicted octanol–water partition coefficient (Wildman–Crippen LogP) is 5.99. The molecule has 0 saturated heterocycles. The number of hydrogen-bond donors (Lipinski definition) is 2. The van der Waals surface area contributed by atoms with E-state index in [0.29, 0.717) is 12.0 Å². The lowest BCUT2D eigenvalue weighted by Crippen LogP contribution is -2.54. The van der Waals surface area contributed by atoms with Crippen LogP contribution in [0, 0.1) is 40.4 Å². The van der Waals surface area contributed by atoms with Gasteiger partial charge in [-0.25, -0.2) is 0 Å². The summed E-state index contributed by atoms with van der Waals surface area (Å²) in [5.74, 6) is 3.88. The Hall–Kier alpha value is -0.380. The van der Waals surface area contributed by atoms with Crippen LogP contribution in [0.2, 0.25) is 0 Å². The average Bonchev–Trinajstić information content (AvgIpc) is 3.03. The van der Waals surface area contributed by atoms with Crippen LogP contribution in [-0.4, -0.2) is 36.1 Å². The quantitative estimate of drug-likeness (QED) is 0.519. The standard InChI is InChI=1S/C26H44O3.CH4/c1-18(6-5-15-27)21-9-10-22-20-8-7-19-16-24(2,28)13-14-26(19,17-29-4)23(20)11-12-25(21,22)3;/h7,18,20-23,27-28H,5-6,8-17H2,1-4H3;1H4/t18-,20+,21-,22+,23+,24+,25-,26-;/m1./s1. The summed E-state index contributed by atoms with van der Waals surface area (Å²) < 4.78 is 5.85. The molecule has 3 saturated carbocycles. The van der Waals surface area contributed by atoms with Crippen molar-refractivity contribution in [2.24, 2.45) is 40.4 Å². The molecule has 3 nitrogen and oxygen atoms in total. The summed E-state index contributed by atoms with van der Waals surface area (Å²) in [6, 6.07) is 0. The minimum Gasteiger partial charge on any atom is -0.396 e. The van der Waals surface area contributed by atoms with Gasteiger partial charge in [-0.05, 0) is 106 Å². The van der Waals surface area contributed by atoms with Crippen molar-refractivity contribution in [3.63, 3.8) is 0 Å². The maximum atomic E-state index is 10.8. The van der Waals surface area contributed by atoms with Crippen molar-refractivity contribution < 1.29 is 14.9 Å². The van der Waals surface area contributed by atoms with Crippen molar-refractivity contribution >= 4 is 0 Å². The van der Waals surface area contributed by atoms with Gasteiger partial charge in [0.2, 0.25) is 0 Å². The van der Waals surface area contributed by atoms with Crippen molar-refractivity contribution in [1.29, 1.82) is 0 Å². The molecule has 0 unspecified atom stereocenters. The minimum atomic E-state index is -0.542. The highest BCUT2D eigenvalue weighted by Crippen LogP contribution is 2.67. The Balaban J connectivity index is 0.00000256. The summed E-state index contributed by atoms with van der Waals surface area (Å²) in [6.45, 7) is 8.22. The monoisotopic (exact) mass is 420 g/mol. The first-order valence-electron chi connectivity index (χ1n) is 12.3. The molecule has 0 heterocycles. The smallest absolute Gasteiger partial charge is 0.0657 e. The Morgan fingerprint density at radius 2 is 1.90 bits per heavy atom. The molecular weight excluding hydrogens is 372 g/mol. The van der Waals surface area contributed by atoms with Crippen LogP contribution in [0.4, 0.5) is 0 Å². The molecule has 0 aromatic rings. The van der Waals surface area contributed by atoms with E-state index in [0.717, 1.165) is 61.9 Å². The molecule has 8 atom stereocenters. The van der Waals surface area contributed by atoms with Gasteiger partial charge in [-0.1, -0.05) is 32.9 Å². The molecule has 2 N–H and O–H groups in total. The van der Waals surface area contributed by atoms with Gasteiger partial charge in [0.05, 0.1) is 12.2 Å². The van der Waals surface area contributed by atoms with Crippen LogP contribution < -0.4 is 0 Å². The molecule has 0 aromatic carbocycles. The molecule has 0 amide bonds. The zero-order valence-electron chi connectivity index (χ0n) is 19.3. The number of methoxy groups -OCH3 is 1. The Morgan fingerprint density at radius 3 is 2.60 bits per heavy atom. The molecule has 0 spiro atoms. The van der Waals surface area contributed by atoms with Crippen LogP contribution in [0.25, 0.3) is 0 Å². The molecule has 30 heavy (non-hydrogen) atoms. The average molecular weight is 421 g/mol. The van der Waals surface area contributed by atoms with E-state index in [1.807, 2.05) is 14.0 Å². The minimum absolute atomic E-state index is 0. The zero-order valence-corrected chi connectivity index (χ0v) is 19.3. The molecular formula is C27H48O3. The second-order valence-electron chi connectivity index (χ2n) is 11.7. The van der Waals surface area contributed by atoms with Gasteiger partial charge in [-0.3, -0.25) is 0 Å². The van der Waals surface area contributed by atoms with Gasteiger partial charge in [-0.15, -0.1) is 0 Å². The highest BCUT2D eigenvalue weighted by Gasteiger charge is 2.60. The summed E-state index contributed by atoms with van der Waals surface area (Å²) >= 11 is 0. The van der Waals surface area contributed by atoms with Gasteiger partial charge in [0.25, 0.3) is 0 Å². The van der Waals surface area contributed by atoms with Crippen LogP contribution in [0.5, 0.6) is 0 Å². The maximum absolute atomic E-state index is 10.8. The third-order valence-electron chi connectivity index (χ3n) is 10.1. The van der Waals surface area contributed by atoms with E-state index in [2.05, 4.69) is 19.9 Å². The number of rotatable bonds is 6. The van der Waals surface area contributed by atoms with Crippen LogP contribution in [0.3, 0.4) is 0 Å². The van der Waals surface area contributed by atoms with Gasteiger partial charge >= 0.3 is 0 Å². The van der Waals surface area contributed by atoms with Crippen molar-refractivity contribution in [2.75, 3.05) is 20.3 Å². The van der Waals surface area contributed by atoms with Crippen molar-refractivity contribution in [3.05, 3.63) is 11.6 Å². The summed E-state index contributed by atoms with van der Waals surface area (Å²) in [6.07, 6.45) is 14.1. The second kappa shape index (κ2) is 8.87. The predicted molar refractivity (Wildman–Crippen MR) is 124 cm³/mol. The van der Waals surface area contributed by atoms with E-state index >= 15 is 0 Å². The lowest BCUT2D eigenvalue weighted by molar-refractivity contribution is -0.0975. The molecule has 0 aromatic heterocycles. The summed E-state index contributed by atoms with van der Waals surface area (Å²) in [7, 11) is 1.87. The molecule has 0 bridgehead atoms. The first kappa shape index (κ1) is 24.3. The number of allylic oxidation sites excluding steroid dienone is 1. The van der Waals surface area contributed by atoms with E-state index in [9.17, 15) is 10.2 Å². The lowest BCUT2D eigenvalue weighted by atomic mass is 9.46. The van der Waals surface area contributed by atoms with Crippen LogP contribution >= 0.6 is 0 Å². The molecule has 0 radical (unpaired) electrons. The molecule has 4 aliphatic rings. The van der Waals surface area contributed by atoms with Crippen molar-refractivity contribution in [1.82, 2.24) is 0 Å². The van der Waals surface area contributed by atoms with E-state index in [-0.39, 0.29) is 12.8 Å². The highest BCUT2D eigenvalue weighted by atomic mass is 16.5. The number of aliphatic hydroxyl groups is 2. The summed E-state index contributed by atoms with van der Waals surface area (Å²) in [5.41, 5.74) is 1.60. The third kappa shape index (κ3) is 3.82. The van der Waals surface area contributed by atoms with E-state index in [4.69, 9.17) is 4.74 Å². The normalized spacial score (nSPS) is 46.1. The second-order valence-corrected chi connectivity index (χ2v) is 11.7. The Morgan fingerprint density at radius 1 is 1.13 bits per heavy atom. The first-order valence-corrected chi connectivity index (χ1v) is 12.3. The van der Waals surface area contributed by atoms with Gasteiger partial charge in [0.1, 0.15) is 0 Å². The SMILES string of the molecule is C.COC[C@]12CC[C@](C)(O)CC1=CC[C@@H]1[C@@H]2CC[C@]2(C)[C@@H]([C@H](C)CCCO)CC[C@@H]12. The fourth-order valence-electron chi connectivity index (χ4n) is 8.73. The van der Waals surface area contributed by atoms with Gasteiger partial charge in [-0.2, -0.15) is 0 Å². The lowest BCUT2D eigenvalue weighted by Gasteiger charge is -2.60. The number of ether oxygens (including phenoxy) is 1. The van der Waals surface area contributed by atoms with E-state index < -0.39 is 5.60 Å². The summed E-state index contributed by atoms with van der Waals surface area (Å²) in [5, 5.41) is 20.0. The highest BCUT2D eigenvalue weighted by molar-refractivity contribution is 5.28. The van der Waals surface area contributed by atoms with Crippen LogP contribution in [-0.2, 0) is 4.74 Å². The fraction of sp³-hybridized carbons (Fsp3) is 0.926. The summed E-state index contributed by atoms with van der Waals surface area (Å²) in [4.78, 5) is 0. The fourth-order valence-corrected chi connectivity index (χ4v) is 8.73. The van der Waals surface area contributed by atoms with Gasteiger partial charge in [0, 0.05) is 19.1 Å². The van der Waals surface area contributed by atoms with Crippen LogP contribution in [0.1, 0.15) is 92.4 Å². The van der Waals surface area contributed by atoms with Crippen molar-refractivity contribution in [3.8, 4) is 0 Å². The van der Waals surface area contributed by atoms with E-state index in [1.54, 1.807) is 0 Å². The number of hydrogen-bond acceptors (Lipinski definition) is 3. The topological polar surface area (TPSA) is 49.7 Å². The molecule has 0 aliphatic heterocycles.